The van der Waals surface area contributed by atoms with Crippen LogP contribution in [0.25, 0.3) is 0 Å². The minimum Gasteiger partial charge on any atom is -0.463 e. The minimum atomic E-state index is 0.0619. The second kappa shape index (κ2) is 7.93. The standard InChI is InChI=1S/C22H31NO4/c1-7-18(23-26-8-2)22-25-11-17-19(27-22)10-9-16-20(15(6)24)13(4)12(3)14(5)21(16)17/h17,19,23H,7-11H2,1-6H3. The van der Waals surface area contributed by atoms with E-state index >= 15 is 0 Å². The Labute approximate surface area is 162 Å². The van der Waals surface area contributed by atoms with Crippen LogP contribution in [0.1, 0.15) is 77.7 Å². The monoisotopic (exact) mass is 373 g/mol. The SMILES string of the molecule is CCONC(CC)=C1OCC2c3c(C)c(C)c(C)c(C(C)=O)c3CCC2O1. The van der Waals surface area contributed by atoms with Crippen molar-refractivity contribution in [1.29, 1.82) is 0 Å². The summed E-state index contributed by atoms with van der Waals surface area (Å²) in [6.45, 7) is 13.1. The Hall–Kier alpha value is -2.01. The summed E-state index contributed by atoms with van der Waals surface area (Å²) in [7, 11) is 0. The van der Waals surface area contributed by atoms with Gasteiger partial charge in [-0.2, -0.15) is 0 Å². The number of fused-ring (bicyclic) bond motifs is 3. The lowest BCUT2D eigenvalue weighted by atomic mass is 9.73. The van der Waals surface area contributed by atoms with E-state index < -0.39 is 0 Å². The number of carbonyl (C=O) groups excluding carboxylic acids is 1. The Bertz CT molecular complexity index is 781. The highest BCUT2D eigenvalue weighted by Gasteiger charge is 2.40. The van der Waals surface area contributed by atoms with Gasteiger partial charge in [0, 0.05) is 5.56 Å². The van der Waals surface area contributed by atoms with Crippen LogP contribution >= 0.6 is 0 Å². The van der Waals surface area contributed by atoms with E-state index in [-0.39, 0.29) is 17.8 Å². The van der Waals surface area contributed by atoms with Crippen LogP contribution in [0, 0.1) is 20.8 Å². The zero-order valence-corrected chi connectivity index (χ0v) is 17.3. The van der Waals surface area contributed by atoms with Gasteiger partial charge >= 0.3 is 5.95 Å². The van der Waals surface area contributed by atoms with E-state index in [2.05, 4.69) is 26.3 Å². The first-order chi connectivity index (χ1) is 12.9. The Balaban J connectivity index is 1.98. The molecule has 0 spiro atoms. The van der Waals surface area contributed by atoms with E-state index in [0.717, 1.165) is 36.1 Å². The number of hydrogen-bond acceptors (Lipinski definition) is 5. The number of hydroxylamine groups is 1. The molecule has 0 bridgehead atoms. The normalized spacial score (nSPS) is 22.9. The van der Waals surface area contributed by atoms with Gasteiger partial charge in [-0.25, -0.2) is 0 Å². The van der Waals surface area contributed by atoms with Crippen LogP contribution in [-0.2, 0) is 20.7 Å². The van der Waals surface area contributed by atoms with Gasteiger partial charge in [-0.15, -0.1) is 0 Å². The highest BCUT2D eigenvalue weighted by Crippen LogP contribution is 2.43. The molecule has 2 atom stereocenters. The Morgan fingerprint density at radius 2 is 1.93 bits per heavy atom. The lowest BCUT2D eigenvalue weighted by molar-refractivity contribution is -0.0927. The van der Waals surface area contributed by atoms with Gasteiger partial charge in [0.2, 0.25) is 0 Å². The highest BCUT2D eigenvalue weighted by molar-refractivity contribution is 5.98. The lowest BCUT2D eigenvalue weighted by Crippen LogP contribution is -2.38. The molecular formula is C22H31NO4. The van der Waals surface area contributed by atoms with Crippen molar-refractivity contribution < 1.29 is 19.1 Å². The molecule has 5 heteroatoms. The van der Waals surface area contributed by atoms with Crippen LogP contribution in [-0.4, -0.2) is 25.1 Å². The van der Waals surface area contributed by atoms with Crippen molar-refractivity contribution in [3.63, 3.8) is 0 Å². The summed E-state index contributed by atoms with van der Waals surface area (Å²) < 4.78 is 12.3. The van der Waals surface area contributed by atoms with Crippen molar-refractivity contribution in [1.82, 2.24) is 5.48 Å². The molecule has 0 aromatic heterocycles. The molecule has 0 radical (unpaired) electrons. The fraction of sp³-hybridized carbons (Fsp3) is 0.591. The third-order valence-electron chi connectivity index (χ3n) is 5.97. The van der Waals surface area contributed by atoms with E-state index in [1.165, 1.54) is 22.3 Å². The minimum absolute atomic E-state index is 0.0619. The first kappa shape index (κ1) is 19.7. The summed E-state index contributed by atoms with van der Waals surface area (Å²) in [6.07, 6.45) is 2.56. The molecule has 2 aliphatic rings. The average molecular weight is 373 g/mol. The molecule has 1 aromatic carbocycles. The summed E-state index contributed by atoms with van der Waals surface area (Å²) in [6, 6.07) is 0. The average Bonchev–Trinajstić information content (AvgIpc) is 2.66. The van der Waals surface area contributed by atoms with Crippen molar-refractivity contribution in [2.45, 2.75) is 72.8 Å². The van der Waals surface area contributed by atoms with Gasteiger partial charge in [0.1, 0.15) is 18.4 Å². The summed E-state index contributed by atoms with van der Waals surface area (Å²) in [5.41, 5.74) is 10.7. The summed E-state index contributed by atoms with van der Waals surface area (Å²) >= 11 is 0. The largest absolute Gasteiger partial charge is 0.463 e. The van der Waals surface area contributed by atoms with Gasteiger partial charge in [0.15, 0.2) is 5.78 Å². The number of ether oxygens (including phenoxy) is 2. The summed E-state index contributed by atoms with van der Waals surface area (Å²) in [5.74, 6) is 0.849. The van der Waals surface area contributed by atoms with Crippen LogP contribution in [0.5, 0.6) is 0 Å². The lowest BCUT2D eigenvalue weighted by Gasteiger charge is -2.40. The first-order valence-electron chi connectivity index (χ1n) is 9.94. The van der Waals surface area contributed by atoms with E-state index in [1.54, 1.807) is 6.92 Å². The maximum Gasteiger partial charge on any atom is 0.301 e. The Morgan fingerprint density at radius 1 is 1.19 bits per heavy atom. The van der Waals surface area contributed by atoms with Crippen molar-refractivity contribution in [2.24, 2.45) is 0 Å². The molecule has 1 aromatic rings. The fourth-order valence-corrected chi connectivity index (χ4v) is 4.41. The molecule has 1 heterocycles. The van der Waals surface area contributed by atoms with Crippen LogP contribution in [0.15, 0.2) is 11.6 Å². The molecule has 1 N–H and O–H groups in total. The van der Waals surface area contributed by atoms with Crippen LogP contribution in [0.4, 0.5) is 0 Å². The van der Waals surface area contributed by atoms with E-state index in [4.69, 9.17) is 14.3 Å². The Morgan fingerprint density at radius 3 is 2.56 bits per heavy atom. The van der Waals surface area contributed by atoms with E-state index in [0.29, 0.717) is 19.2 Å². The number of rotatable bonds is 5. The van der Waals surface area contributed by atoms with Crippen LogP contribution < -0.4 is 5.48 Å². The molecule has 27 heavy (non-hydrogen) atoms. The molecule has 5 nitrogen and oxygen atoms in total. The molecule has 2 unspecified atom stereocenters. The third-order valence-corrected chi connectivity index (χ3v) is 5.97. The van der Waals surface area contributed by atoms with Gasteiger partial charge in [-0.1, -0.05) is 6.92 Å². The number of benzene rings is 1. The molecule has 0 amide bonds. The number of Topliss-reactive ketones (excluding diaryl/α,β-unsaturated/α-hetero) is 1. The van der Waals surface area contributed by atoms with Crippen molar-refractivity contribution in [2.75, 3.05) is 13.2 Å². The molecule has 1 saturated heterocycles. The number of carbonyl (C=O) groups is 1. The van der Waals surface area contributed by atoms with E-state index in [1.807, 2.05) is 13.8 Å². The second-order valence-electron chi connectivity index (χ2n) is 7.47. The number of nitrogens with one attached hydrogen (secondary N) is 1. The van der Waals surface area contributed by atoms with Gasteiger partial charge < -0.3 is 9.47 Å². The zero-order chi connectivity index (χ0) is 19.7. The van der Waals surface area contributed by atoms with Crippen molar-refractivity contribution in [3.05, 3.63) is 45.0 Å². The van der Waals surface area contributed by atoms with Crippen molar-refractivity contribution in [3.8, 4) is 0 Å². The van der Waals surface area contributed by atoms with Gasteiger partial charge in [0.25, 0.3) is 0 Å². The second-order valence-corrected chi connectivity index (χ2v) is 7.47. The van der Waals surface area contributed by atoms with Gasteiger partial charge in [-0.3, -0.25) is 15.1 Å². The number of allylic oxidation sites excluding steroid dienone is 1. The summed E-state index contributed by atoms with van der Waals surface area (Å²) in [5, 5.41) is 0. The maximum absolute atomic E-state index is 12.4. The molecular weight excluding hydrogens is 342 g/mol. The smallest absolute Gasteiger partial charge is 0.301 e. The molecule has 1 aliphatic heterocycles. The molecule has 1 aliphatic carbocycles. The molecule has 0 saturated carbocycles. The maximum atomic E-state index is 12.4. The van der Waals surface area contributed by atoms with Crippen molar-refractivity contribution >= 4 is 5.78 Å². The quantitative estimate of drug-likeness (QED) is 0.613. The zero-order valence-electron chi connectivity index (χ0n) is 17.3. The third kappa shape index (κ3) is 3.45. The predicted molar refractivity (Wildman–Crippen MR) is 105 cm³/mol. The first-order valence-corrected chi connectivity index (χ1v) is 9.94. The van der Waals surface area contributed by atoms with E-state index in [9.17, 15) is 4.79 Å². The highest BCUT2D eigenvalue weighted by atomic mass is 16.7. The molecule has 3 rings (SSSR count). The van der Waals surface area contributed by atoms with Gasteiger partial charge in [-0.05, 0) is 81.7 Å². The molecule has 1 fully saturated rings. The van der Waals surface area contributed by atoms with Gasteiger partial charge in [0.05, 0.1) is 12.5 Å². The van der Waals surface area contributed by atoms with Crippen LogP contribution in [0.3, 0.4) is 0 Å². The number of ketones is 1. The fourth-order valence-electron chi connectivity index (χ4n) is 4.41. The topological polar surface area (TPSA) is 56.8 Å². The Kier molecular flexibility index (Phi) is 5.80. The summed E-state index contributed by atoms with van der Waals surface area (Å²) in [4.78, 5) is 17.7. The predicted octanol–water partition coefficient (Wildman–Crippen LogP) is 4.38. The number of hydrogen-bond donors (Lipinski definition) is 1. The molecule has 148 valence electrons. The van der Waals surface area contributed by atoms with Crippen LogP contribution in [0.2, 0.25) is 0 Å².